The van der Waals surface area contributed by atoms with Crippen LogP contribution in [0.4, 0.5) is 10.5 Å². The van der Waals surface area contributed by atoms with E-state index in [-0.39, 0.29) is 17.0 Å². The van der Waals surface area contributed by atoms with Gasteiger partial charge in [-0.05, 0) is 30.3 Å². The molecule has 0 saturated carbocycles. The number of urea groups is 1. The molecule has 0 bridgehead atoms. The second-order valence-corrected chi connectivity index (χ2v) is 6.10. The van der Waals surface area contributed by atoms with Crippen molar-refractivity contribution >= 4 is 29.6 Å². The minimum atomic E-state index is -0.893. The van der Waals surface area contributed by atoms with E-state index in [0.29, 0.717) is 22.8 Å². The summed E-state index contributed by atoms with van der Waals surface area (Å²) in [5.41, 5.74) is 0.353. The molecule has 2 aromatic carbocycles. The van der Waals surface area contributed by atoms with Crippen LogP contribution in [-0.4, -0.2) is 46.3 Å². The summed E-state index contributed by atoms with van der Waals surface area (Å²) in [5.74, 6) is -0.0222. The number of amides is 4. The molecule has 0 atom stereocenters. The van der Waals surface area contributed by atoms with Crippen molar-refractivity contribution in [1.29, 1.82) is 0 Å². The van der Waals surface area contributed by atoms with Gasteiger partial charge in [-0.1, -0.05) is 0 Å². The van der Waals surface area contributed by atoms with Crippen LogP contribution in [0.25, 0.3) is 6.08 Å². The summed E-state index contributed by atoms with van der Waals surface area (Å²) in [6.07, 6.45) is 1.35. The Morgan fingerprint density at radius 1 is 0.800 bits per heavy atom. The van der Waals surface area contributed by atoms with E-state index in [1.54, 1.807) is 30.3 Å². The van der Waals surface area contributed by atoms with E-state index in [2.05, 4.69) is 5.32 Å². The Morgan fingerprint density at radius 3 is 2.07 bits per heavy atom. The lowest BCUT2D eigenvalue weighted by Gasteiger charge is -2.27. The largest absolute Gasteiger partial charge is 0.497 e. The minimum absolute atomic E-state index is 0.138. The van der Waals surface area contributed by atoms with Gasteiger partial charge in [-0.25, -0.2) is 9.69 Å². The molecular weight excluding hydrogens is 392 g/mol. The predicted molar refractivity (Wildman–Crippen MR) is 108 cm³/mol. The molecule has 0 radical (unpaired) electrons. The molecule has 9 nitrogen and oxygen atoms in total. The number of benzene rings is 2. The summed E-state index contributed by atoms with van der Waals surface area (Å²) >= 11 is 0. The van der Waals surface area contributed by atoms with E-state index in [0.717, 1.165) is 4.90 Å². The molecule has 1 aliphatic heterocycles. The predicted octanol–water partition coefficient (Wildman–Crippen LogP) is 2.39. The van der Waals surface area contributed by atoms with Crippen LogP contribution in [-0.2, 0) is 9.59 Å². The third-order valence-corrected chi connectivity index (χ3v) is 4.47. The van der Waals surface area contributed by atoms with Crippen LogP contribution in [0.3, 0.4) is 0 Å². The van der Waals surface area contributed by atoms with Gasteiger partial charge in [0.25, 0.3) is 11.8 Å². The number of nitrogens with one attached hydrogen (secondary N) is 1. The maximum absolute atomic E-state index is 13.2. The number of barbiturate groups is 1. The van der Waals surface area contributed by atoms with Gasteiger partial charge in [-0.15, -0.1) is 0 Å². The molecule has 4 amide bonds. The van der Waals surface area contributed by atoms with Crippen molar-refractivity contribution in [2.24, 2.45) is 0 Å². The van der Waals surface area contributed by atoms with E-state index in [4.69, 9.17) is 18.9 Å². The number of nitrogens with zero attached hydrogens (tertiary/aromatic N) is 1. The highest BCUT2D eigenvalue weighted by atomic mass is 16.5. The summed E-state index contributed by atoms with van der Waals surface area (Å²) < 4.78 is 20.9. The lowest BCUT2D eigenvalue weighted by molar-refractivity contribution is -0.122. The highest BCUT2D eigenvalue weighted by Gasteiger charge is 2.38. The molecule has 0 aromatic heterocycles. The quantitative estimate of drug-likeness (QED) is 0.574. The minimum Gasteiger partial charge on any atom is -0.497 e. The topological polar surface area (TPSA) is 103 Å². The summed E-state index contributed by atoms with van der Waals surface area (Å²) in [6.45, 7) is 0. The van der Waals surface area contributed by atoms with E-state index < -0.39 is 17.8 Å². The average molecular weight is 412 g/mol. The number of hydrogen-bond acceptors (Lipinski definition) is 7. The van der Waals surface area contributed by atoms with Gasteiger partial charge in [0.15, 0.2) is 0 Å². The van der Waals surface area contributed by atoms with Gasteiger partial charge in [-0.3, -0.25) is 14.9 Å². The van der Waals surface area contributed by atoms with Crippen molar-refractivity contribution in [3.8, 4) is 23.0 Å². The van der Waals surface area contributed by atoms with E-state index in [1.165, 1.54) is 40.6 Å². The van der Waals surface area contributed by atoms with Crippen LogP contribution in [0.15, 0.2) is 42.0 Å². The molecule has 1 saturated heterocycles. The van der Waals surface area contributed by atoms with Crippen molar-refractivity contribution in [1.82, 2.24) is 5.32 Å². The SMILES string of the molecule is COc1ccc(/C=C2/C(=O)NC(=O)N(c3cc(OC)ccc3OC)C2=O)c(OC)c1. The van der Waals surface area contributed by atoms with Crippen LogP contribution in [0, 0.1) is 0 Å². The van der Waals surface area contributed by atoms with Crippen molar-refractivity contribution in [3.05, 3.63) is 47.5 Å². The Bertz CT molecular complexity index is 1050. The molecular formula is C21H20N2O7. The van der Waals surface area contributed by atoms with Crippen LogP contribution >= 0.6 is 0 Å². The molecule has 1 aliphatic rings. The van der Waals surface area contributed by atoms with Crippen LogP contribution < -0.4 is 29.2 Å². The first-order valence-corrected chi connectivity index (χ1v) is 8.79. The number of carbonyl (C=O) groups excluding carboxylic acids is 3. The maximum atomic E-state index is 13.2. The number of anilines is 1. The van der Waals surface area contributed by atoms with E-state index >= 15 is 0 Å². The second kappa shape index (κ2) is 8.56. The zero-order valence-electron chi connectivity index (χ0n) is 16.8. The Balaban J connectivity index is 2.09. The van der Waals surface area contributed by atoms with Gasteiger partial charge in [0.05, 0.1) is 34.1 Å². The summed E-state index contributed by atoms with van der Waals surface area (Å²) in [4.78, 5) is 38.9. The standard InChI is InChI=1S/C21H20N2O7/c1-27-13-7-8-17(29-3)16(10-13)23-20(25)15(19(24)22-21(23)26)9-12-5-6-14(28-2)11-18(12)30-4/h5-11H,1-4H3,(H,22,24,26)/b15-9-. The first-order valence-electron chi connectivity index (χ1n) is 8.79. The zero-order chi connectivity index (χ0) is 21.8. The molecule has 2 aromatic rings. The average Bonchev–Trinajstić information content (AvgIpc) is 2.76. The summed E-state index contributed by atoms with van der Waals surface area (Å²) in [6, 6.07) is 8.67. The van der Waals surface area contributed by atoms with E-state index in [9.17, 15) is 14.4 Å². The van der Waals surface area contributed by atoms with Gasteiger partial charge < -0.3 is 18.9 Å². The highest BCUT2D eigenvalue weighted by molar-refractivity contribution is 6.39. The molecule has 3 rings (SSSR count). The Hall–Kier alpha value is -4.01. The van der Waals surface area contributed by atoms with Gasteiger partial charge in [0.1, 0.15) is 28.6 Å². The Morgan fingerprint density at radius 2 is 1.43 bits per heavy atom. The van der Waals surface area contributed by atoms with Gasteiger partial charge in [-0.2, -0.15) is 0 Å². The summed E-state index contributed by atoms with van der Waals surface area (Å²) in [7, 11) is 5.82. The third kappa shape index (κ3) is 3.77. The fourth-order valence-electron chi connectivity index (χ4n) is 2.94. The Labute approximate surface area is 172 Å². The van der Waals surface area contributed by atoms with Crippen LogP contribution in [0.2, 0.25) is 0 Å². The van der Waals surface area contributed by atoms with Crippen molar-refractivity contribution < 1.29 is 33.3 Å². The summed E-state index contributed by atoms with van der Waals surface area (Å²) in [5, 5.41) is 2.17. The van der Waals surface area contributed by atoms with Gasteiger partial charge in [0, 0.05) is 17.7 Å². The van der Waals surface area contributed by atoms with Crippen LogP contribution in [0.5, 0.6) is 23.0 Å². The molecule has 1 heterocycles. The third-order valence-electron chi connectivity index (χ3n) is 4.47. The van der Waals surface area contributed by atoms with Crippen LogP contribution in [0.1, 0.15) is 5.56 Å². The van der Waals surface area contributed by atoms with Gasteiger partial charge in [0.2, 0.25) is 0 Å². The second-order valence-electron chi connectivity index (χ2n) is 6.10. The smallest absolute Gasteiger partial charge is 0.336 e. The lowest BCUT2D eigenvalue weighted by Crippen LogP contribution is -2.54. The number of rotatable bonds is 6. The molecule has 1 N–H and O–H groups in total. The molecule has 0 spiro atoms. The highest BCUT2D eigenvalue weighted by Crippen LogP contribution is 2.35. The number of carbonyl (C=O) groups is 3. The monoisotopic (exact) mass is 412 g/mol. The molecule has 0 aliphatic carbocycles. The molecule has 0 unspecified atom stereocenters. The molecule has 9 heteroatoms. The normalized spacial score (nSPS) is 15.1. The maximum Gasteiger partial charge on any atom is 0.336 e. The number of hydrogen-bond donors (Lipinski definition) is 1. The first kappa shape index (κ1) is 20.7. The first-order chi connectivity index (χ1) is 14.4. The fourth-order valence-corrected chi connectivity index (χ4v) is 2.94. The van der Waals surface area contributed by atoms with E-state index in [1.807, 2.05) is 0 Å². The number of methoxy groups -OCH3 is 4. The molecule has 156 valence electrons. The van der Waals surface area contributed by atoms with Crippen molar-refractivity contribution in [3.63, 3.8) is 0 Å². The van der Waals surface area contributed by atoms with Crippen molar-refractivity contribution in [2.45, 2.75) is 0 Å². The fraction of sp³-hybridized carbons (Fsp3) is 0.190. The zero-order valence-corrected chi connectivity index (χ0v) is 16.8. The van der Waals surface area contributed by atoms with Crippen molar-refractivity contribution in [2.75, 3.05) is 33.3 Å². The molecule has 1 fully saturated rings. The Kier molecular flexibility index (Phi) is 5.91. The molecule has 30 heavy (non-hydrogen) atoms. The number of imide groups is 2. The number of ether oxygens (including phenoxy) is 4. The van der Waals surface area contributed by atoms with Gasteiger partial charge >= 0.3 is 6.03 Å². The lowest BCUT2D eigenvalue weighted by atomic mass is 10.1.